The quantitative estimate of drug-likeness (QED) is 0.314. The molecule has 0 saturated carbocycles. The van der Waals surface area contributed by atoms with Crippen LogP contribution in [-0.4, -0.2) is 24.0 Å². The van der Waals surface area contributed by atoms with Crippen molar-refractivity contribution in [2.75, 3.05) is 0 Å². The normalized spacial score (nSPS) is 11.7. The predicted molar refractivity (Wildman–Crippen MR) is 105 cm³/mol. The fourth-order valence-corrected chi connectivity index (χ4v) is 2.44. The van der Waals surface area contributed by atoms with Crippen LogP contribution in [0, 0.1) is 23.3 Å². The van der Waals surface area contributed by atoms with E-state index in [0.717, 1.165) is 0 Å². The minimum absolute atomic E-state index is 0.0798. The second-order valence-electron chi connectivity index (χ2n) is 7.06. The maximum atomic E-state index is 14.5. The number of rotatable bonds is 6. The summed E-state index contributed by atoms with van der Waals surface area (Å²) >= 11 is 0. The van der Waals surface area contributed by atoms with E-state index in [-0.39, 0.29) is 24.7 Å². The summed E-state index contributed by atoms with van der Waals surface area (Å²) in [5.41, 5.74) is -0.727. The molecule has 162 valence electrons. The maximum absolute atomic E-state index is 14.5. The Kier molecular flexibility index (Phi) is 7.79. The number of halogens is 4. The molecule has 2 aromatic carbocycles. The van der Waals surface area contributed by atoms with E-state index in [1.165, 1.54) is 0 Å². The van der Waals surface area contributed by atoms with E-state index in [0.29, 0.717) is 5.56 Å². The molecule has 2 rings (SSSR count). The van der Waals surface area contributed by atoms with Gasteiger partial charge in [-0.3, -0.25) is 4.79 Å². The molecule has 30 heavy (non-hydrogen) atoms. The first kappa shape index (κ1) is 23.2. The highest BCUT2D eigenvalue weighted by Crippen LogP contribution is 2.30. The minimum atomic E-state index is -1.86. The van der Waals surface area contributed by atoms with E-state index < -0.39 is 40.5 Å². The third kappa shape index (κ3) is 5.71. The van der Waals surface area contributed by atoms with Crippen molar-refractivity contribution in [3.8, 4) is 5.75 Å². The molecule has 0 aliphatic carbocycles. The van der Waals surface area contributed by atoms with E-state index >= 15 is 0 Å². The van der Waals surface area contributed by atoms with Crippen molar-refractivity contribution in [3.05, 3.63) is 64.7 Å². The van der Waals surface area contributed by atoms with Crippen LogP contribution in [-0.2, 0) is 6.54 Å². The number of nitrogens with one attached hydrogen (secondary N) is 2. The Balaban J connectivity index is 2.35. The monoisotopic (exact) mass is 425 g/mol. The van der Waals surface area contributed by atoms with Crippen LogP contribution in [0.25, 0.3) is 0 Å². The molecule has 0 spiro atoms. The van der Waals surface area contributed by atoms with Crippen LogP contribution in [0.1, 0.15) is 43.6 Å². The van der Waals surface area contributed by atoms with Gasteiger partial charge >= 0.3 is 0 Å². The molecule has 0 atom stereocenters. The van der Waals surface area contributed by atoms with E-state index in [1.54, 1.807) is 58.0 Å². The lowest BCUT2D eigenvalue weighted by atomic mass is 10.1. The Hall–Kier alpha value is -3.10. The highest BCUT2D eigenvalue weighted by molar-refractivity contribution is 5.95. The van der Waals surface area contributed by atoms with Gasteiger partial charge in [-0.1, -0.05) is 30.3 Å². The second-order valence-corrected chi connectivity index (χ2v) is 7.06. The van der Waals surface area contributed by atoms with Gasteiger partial charge in [0.1, 0.15) is 5.56 Å². The molecule has 0 fully saturated rings. The SMILES string of the molecule is CC(C)N=C(NC(C)C)Oc1c(F)c(F)c(C(=O)NCc2ccccc2)c(F)c1F. The lowest BCUT2D eigenvalue weighted by Gasteiger charge is -2.17. The second kappa shape index (κ2) is 10.1. The van der Waals surface area contributed by atoms with Crippen LogP contribution >= 0.6 is 0 Å². The minimum Gasteiger partial charge on any atom is -0.420 e. The van der Waals surface area contributed by atoms with Crippen molar-refractivity contribution in [1.82, 2.24) is 10.6 Å². The Bertz CT molecular complexity index is 903. The predicted octanol–water partition coefficient (Wildman–Crippen LogP) is 4.31. The molecule has 1 amide bonds. The number of ether oxygens (including phenoxy) is 1. The van der Waals surface area contributed by atoms with E-state index in [1.807, 2.05) is 0 Å². The zero-order chi connectivity index (χ0) is 22.4. The first-order valence-corrected chi connectivity index (χ1v) is 9.32. The number of benzene rings is 2. The van der Waals surface area contributed by atoms with Crippen molar-refractivity contribution in [2.45, 2.75) is 46.3 Å². The Morgan fingerprint density at radius 1 is 0.967 bits per heavy atom. The van der Waals surface area contributed by atoms with Gasteiger partial charge in [0.25, 0.3) is 11.9 Å². The number of nitrogens with zero attached hydrogens (tertiary/aromatic N) is 1. The number of amides is 1. The van der Waals surface area contributed by atoms with Crippen molar-refractivity contribution in [1.29, 1.82) is 0 Å². The van der Waals surface area contributed by atoms with Gasteiger partial charge in [0, 0.05) is 18.6 Å². The molecular formula is C21H23F4N3O2. The van der Waals surface area contributed by atoms with Crippen LogP contribution in [0.5, 0.6) is 5.75 Å². The molecule has 5 nitrogen and oxygen atoms in total. The van der Waals surface area contributed by atoms with Crippen LogP contribution in [0.3, 0.4) is 0 Å². The number of hydrogen-bond donors (Lipinski definition) is 2. The first-order valence-electron chi connectivity index (χ1n) is 9.32. The highest BCUT2D eigenvalue weighted by Gasteiger charge is 2.31. The standard InChI is InChI=1S/C21H23F4N3O2/c1-11(2)27-21(28-12(3)4)30-19-17(24)15(22)14(16(23)18(19)25)20(29)26-10-13-8-6-5-7-9-13/h5-9,11-12H,10H2,1-4H3,(H,26,29)(H,27,28). The molecule has 2 N–H and O–H groups in total. The van der Waals surface area contributed by atoms with Gasteiger partial charge in [-0.25, -0.2) is 13.8 Å². The molecule has 0 radical (unpaired) electrons. The van der Waals surface area contributed by atoms with E-state index in [4.69, 9.17) is 4.74 Å². The average Bonchev–Trinajstić information content (AvgIpc) is 2.68. The lowest BCUT2D eigenvalue weighted by Crippen LogP contribution is -2.36. The summed E-state index contributed by atoms with van der Waals surface area (Å²) < 4.78 is 62.9. The van der Waals surface area contributed by atoms with Gasteiger partial charge in [0.15, 0.2) is 11.6 Å². The van der Waals surface area contributed by atoms with Crippen LogP contribution in [0.2, 0.25) is 0 Å². The highest BCUT2D eigenvalue weighted by atomic mass is 19.2. The molecule has 0 aromatic heterocycles. The summed E-state index contributed by atoms with van der Waals surface area (Å²) in [5, 5.41) is 4.93. The number of aliphatic imine (C=N–C) groups is 1. The largest absolute Gasteiger partial charge is 0.420 e. The van der Waals surface area contributed by atoms with Crippen molar-refractivity contribution in [2.24, 2.45) is 4.99 Å². The summed E-state index contributed by atoms with van der Waals surface area (Å²) in [7, 11) is 0. The number of hydrogen-bond acceptors (Lipinski definition) is 3. The Labute approximate surface area is 172 Å². The number of carbonyl (C=O) groups is 1. The van der Waals surface area contributed by atoms with Gasteiger partial charge in [-0.15, -0.1) is 0 Å². The van der Waals surface area contributed by atoms with Gasteiger partial charge < -0.3 is 15.4 Å². The Morgan fingerprint density at radius 2 is 1.53 bits per heavy atom. The van der Waals surface area contributed by atoms with Crippen molar-refractivity contribution >= 4 is 11.9 Å². The van der Waals surface area contributed by atoms with Gasteiger partial charge in [-0.05, 0) is 33.3 Å². The zero-order valence-electron chi connectivity index (χ0n) is 17.0. The maximum Gasteiger partial charge on any atom is 0.290 e. The smallest absolute Gasteiger partial charge is 0.290 e. The average molecular weight is 425 g/mol. The Morgan fingerprint density at radius 3 is 2.03 bits per heavy atom. The van der Waals surface area contributed by atoms with Crippen molar-refractivity contribution in [3.63, 3.8) is 0 Å². The molecule has 0 aliphatic rings. The fraction of sp³-hybridized carbons (Fsp3) is 0.333. The molecule has 0 saturated heterocycles. The van der Waals surface area contributed by atoms with Gasteiger partial charge in [0.2, 0.25) is 17.4 Å². The molecule has 2 aromatic rings. The van der Waals surface area contributed by atoms with Crippen LogP contribution in [0.4, 0.5) is 17.6 Å². The topological polar surface area (TPSA) is 62.7 Å². The summed E-state index contributed by atoms with van der Waals surface area (Å²) in [4.78, 5) is 16.2. The summed E-state index contributed by atoms with van der Waals surface area (Å²) in [5.74, 6) is -10.0. The van der Waals surface area contributed by atoms with Crippen molar-refractivity contribution < 1.29 is 27.1 Å². The van der Waals surface area contributed by atoms with E-state index in [2.05, 4.69) is 15.6 Å². The van der Waals surface area contributed by atoms with E-state index in [9.17, 15) is 22.4 Å². The third-order valence-electron chi connectivity index (χ3n) is 3.73. The van der Waals surface area contributed by atoms with Gasteiger partial charge in [0.05, 0.1) is 0 Å². The summed E-state index contributed by atoms with van der Waals surface area (Å²) in [6.45, 7) is 6.71. The van der Waals surface area contributed by atoms with Crippen LogP contribution in [0.15, 0.2) is 35.3 Å². The lowest BCUT2D eigenvalue weighted by molar-refractivity contribution is 0.0939. The molecule has 0 aliphatic heterocycles. The summed E-state index contributed by atoms with van der Waals surface area (Å²) in [6, 6.07) is 7.63. The van der Waals surface area contributed by atoms with Gasteiger partial charge in [-0.2, -0.15) is 8.78 Å². The number of amidine groups is 1. The molecular weight excluding hydrogens is 402 g/mol. The molecule has 9 heteroatoms. The van der Waals surface area contributed by atoms with Crippen LogP contribution < -0.4 is 15.4 Å². The molecule has 0 unspecified atom stereocenters. The third-order valence-corrected chi connectivity index (χ3v) is 3.73. The molecule has 0 bridgehead atoms. The summed E-state index contributed by atoms with van der Waals surface area (Å²) in [6.07, 6.45) is 0. The first-order chi connectivity index (χ1) is 14.1. The number of carbonyl (C=O) groups excluding carboxylic acids is 1. The zero-order valence-corrected chi connectivity index (χ0v) is 17.0. The molecule has 0 heterocycles. The fourth-order valence-electron chi connectivity index (χ4n) is 2.44.